The zero-order chi connectivity index (χ0) is 10.3. The number of hydrogen-bond acceptors (Lipinski definition) is 4. The highest BCUT2D eigenvalue weighted by molar-refractivity contribution is 14.1. The lowest BCUT2D eigenvalue weighted by Crippen LogP contribution is -2.30. The number of nitrogens with two attached hydrogens (primary N) is 1. The van der Waals surface area contributed by atoms with Crippen molar-refractivity contribution in [1.82, 2.24) is 0 Å². The molecule has 0 aliphatic heterocycles. The van der Waals surface area contributed by atoms with Gasteiger partial charge >= 0.3 is 7.12 Å². The van der Waals surface area contributed by atoms with Gasteiger partial charge in [-0.15, -0.1) is 11.3 Å². The molecule has 4 N–H and O–H groups in total. The molecule has 2 rings (SSSR count). The summed E-state index contributed by atoms with van der Waals surface area (Å²) in [5.74, 6) is 0. The van der Waals surface area contributed by atoms with Crippen LogP contribution >= 0.6 is 33.9 Å². The van der Waals surface area contributed by atoms with Gasteiger partial charge in [0.15, 0.2) is 0 Å². The van der Waals surface area contributed by atoms with E-state index in [2.05, 4.69) is 22.6 Å². The molecule has 0 spiro atoms. The molecule has 1 heterocycles. The molecule has 3 nitrogen and oxygen atoms in total. The molecule has 72 valence electrons. The molecule has 0 bridgehead atoms. The van der Waals surface area contributed by atoms with Crippen molar-refractivity contribution >= 4 is 62.3 Å². The number of fused-ring (bicyclic) bond motifs is 1. The quantitative estimate of drug-likeness (QED) is 0.413. The van der Waals surface area contributed by atoms with Gasteiger partial charge < -0.3 is 15.8 Å². The maximum atomic E-state index is 9.17. The molecule has 1 aromatic carbocycles. The third kappa shape index (κ3) is 1.52. The van der Waals surface area contributed by atoms with E-state index in [4.69, 9.17) is 5.73 Å². The van der Waals surface area contributed by atoms with Crippen LogP contribution in [0.25, 0.3) is 10.1 Å². The zero-order valence-electron chi connectivity index (χ0n) is 7.07. The third-order valence-corrected chi connectivity index (χ3v) is 3.89. The van der Waals surface area contributed by atoms with Crippen LogP contribution in [0.15, 0.2) is 17.5 Å². The van der Waals surface area contributed by atoms with Crippen LogP contribution < -0.4 is 11.2 Å². The minimum absolute atomic E-state index is 0.522. The predicted octanol–water partition coefficient (Wildman–Crippen LogP) is 0.768. The Morgan fingerprint density at radius 1 is 1.43 bits per heavy atom. The number of halogens is 1. The van der Waals surface area contributed by atoms with Crippen LogP contribution in [-0.4, -0.2) is 17.2 Å². The smallest absolute Gasteiger partial charge is 0.423 e. The van der Waals surface area contributed by atoms with Crippen LogP contribution in [0, 0.1) is 3.57 Å². The summed E-state index contributed by atoms with van der Waals surface area (Å²) in [6.07, 6.45) is 0. The fourth-order valence-electron chi connectivity index (χ4n) is 1.35. The van der Waals surface area contributed by atoms with Crippen LogP contribution in [0.1, 0.15) is 0 Å². The molecule has 0 aliphatic rings. The Morgan fingerprint density at radius 3 is 2.79 bits per heavy atom. The van der Waals surface area contributed by atoms with E-state index >= 15 is 0 Å². The standard InChI is InChI=1S/C8H7BINO2S/c10-6-3-5(9(12)13)8-4(7(6)11)1-2-14-8/h1-3,12-13H,11H2. The molecule has 0 unspecified atom stereocenters. The van der Waals surface area contributed by atoms with Gasteiger partial charge in [-0.05, 0) is 40.1 Å². The van der Waals surface area contributed by atoms with Gasteiger partial charge in [-0.3, -0.25) is 0 Å². The normalized spacial score (nSPS) is 10.8. The van der Waals surface area contributed by atoms with E-state index in [9.17, 15) is 10.0 Å². The second-order valence-electron chi connectivity index (χ2n) is 2.90. The van der Waals surface area contributed by atoms with Gasteiger partial charge in [-0.25, -0.2) is 0 Å². The first-order chi connectivity index (χ1) is 6.61. The predicted molar refractivity (Wildman–Crippen MR) is 68.8 cm³/mol. The molecule has 1 aromatic heterocycles. The number of rotatable bonds is 1. The molecule has 0 aliphatic carbocycles. The van der Waals surface area contributed by atoms with E-state index in [0.717, 1.165) is 13.7 Å². The Balaban J connectivity index is 2.84. The average molecular weight is 319 g/mol. The van der Waals surface area contributed by atoms with Gasteiger partial charge in [-0.2, -0.15) is 0 Å². The van der Waals surface area contributed by atoms with Crippen molar-refractivity contribution < 1.29 is 10.0 Å². The first-order valence-corrected chi connectivity index (χ1v) is 5.88. The highest BCUT2D eigenvalue weighted by atomic mass is 127. The summed E-state index contributed by atoms with van der Waals surface area (Å²) in [4.78, 5) is 0. The minimum Gasteiger partial charge on any atom is -0.423 e. The maximum absolute atomic E-state index is 9.17. The second-order valence-corrected chi connectivity index (χ2v) is 4.98. The van der Waals surface area contributed by atoms with Crippen molar-refractivity contribution in [3.05, 3.63) is 21.1 Å². The molecule has 6 heteroatoms. The molecule has 2 aromatic rings. The van der Waals surface area contributed by atoms with E-state index in [-0.39, 0.29) is 0 Å². The van der Waals surface area contributed by atoms with E-state index in [1.165, 1.54) is 11.3 Å². The number of thiophene rings is 1. The highest BCUT2D eigenvalue weighted by Gasteiger charge is 2.18. The summed E-state index contributed by atoms with van der Waals surface area (Å²) in [6, 6.07) is 3.60. The van der Waals surface area contributed by atoms with Crippen molar-refractivity contribution in [3.63, 3.8) is 0 Å². The minimum atomic E-state index is -1.44. The number of anilines is 1. The lowest BCUT2D eigenvalue weighted by Gasteiger charge is -2.06. The first-order valence-electron chi connectivity index (χ1n) is 3.92. The van der Waals surface area contributed by atoms with Crippen LogP contribution in [0.4, 0.5) is 5.69 Å². The molecule has 14 heavy (non-hydrogen) atoms. The highest BCUT2D eigenvalue weighted by Crippen LogP contribution is 2.28. The molecule has 0 saturated heterocycles. The maximum Gasteiger partial charge on any atom is 0.489 e. The number of hydrogen-bond donors (Lipinski definition) is 3. The molecule has 0 atom stereocenters. The van der Waals surface area contributed by atoms with Gasteiger partial charge in [0.25, 0.3) is 0 Å². The molecule has 0 amide bonds. The Bertz CT molecular complexity index is 485. The Morgan fingerprint density at radius 2 is 2.14 bits per heavy atom. The van der Waals surface area contributed by atoms with Crippen molar-refractivity contribution in [2.24, 2.45) is 0 Å². The summed E-state index contributed by atoms with van der Waals surface area (Å²) in [5.41, 5.74) is 7.09. The van der Waals surface area contributed by atoms with E-state index in [1.807, 2.05) is 11.4 Å². The van der Waals surface area contributed by atoms with Gasteiger partial charge in [0.05, 0.1) is 5.69 Å². The summed E-state index contributed by atoms with van der Waals surface area (Å²) >= 11 is 3.55. The second kappa shape index (κ2) is 3.69. The van der Waals surface area contributed by atoms with Gasteiger partial charge in [-0.1, -0.05) is 0 Å². The van der Waals surface area contributed by atoms with Gasteiger partial charge in [0, 0.05) is 19.1 Å². The molecular weight excluding hydrogens is 312 g/mol. The Labute approximate surface area is 98.8 Å². The zero-order valence-corrected chi connectivity index (χ0v) is 10.0. The first kappa shape index (κ1) is 10.2. The van der Waals surface area contributed by atoms with E-state index in [0.29, 0.717) is 11.2 Å². The lowest BCUT2D eigenvalue weighted by molar-refractivity contribution is 0.426. The number of nitrogen functional groups attached to an aromatic ring is 1. The average Bonchev–Trinajstić information content (AvgIpc) is 2.59. The topological polar surface area (TPSA) is 66.5 Å². The van der Waals surface area contributed by atoms with E-state index in [1.54, 1.807) is 6.07 Å². The van der Waals surface area contributed by atoms with Crippen molar-refractivity contribution in [2.75, 3.05) is 5.73 Å². The van der Waals surface area contributed by atoms with Crippen molar-refractivity contribution in [2.45, 2.75) is 0 Å². The Hall–Kier alpha value is -0.305. The third-order valence-electron chi connectivity index (χ3n) is 2.04. The van der Waals surface area contributed by atoms with E-state index < -0.39 is 7.12 Å². The molecular formula is C8H7BINO2S. The van der Waals surface area contributed by atoms with Crippen molar-refractivity contribution in [3.8, 4) is 0 Å². The fraction of sp³-hybridized carbons (Fsp3) is 0. The summed E-state index contributed by atoms with van der Waals surface area (Å²) in [7, 11) is -1.44. The largest absolute Gasteiger partial charge is 0.489 e. The molecule has 0 saturated carbocycles. The van der Waals surface area contributed by atoms with Crippen LogP contribution in [0.3, 0.4) is 0 Å². The van der Waals surface area contributed by atoms with Crippen LogP contribution in [0.2, 0.25) is 0 Å². The molecule has 0 radical (unpaired) electrons. The lowest BCUT2D eigenvalue weighted by atomic mass is 9.79. The SMILES string of the molecule is Nc1c(I)cc(B(O)O)c2sccc12. The fourth-order valence-corrected chi connectivity index (χ4v) is 2.92. The Kier molecular flexibility index (Phi) is 2.69. The van der Waals surface area contributed by atoms with Gasteiger partial charge in [0.1, 0.15) is 0 Å². The van der Waals surface area contributed by atoms with Crippen LogP contribution in [-0.2, 0) is 0 Å². The summed E-state index contributed by atoms with van der Waals surface area (Å²) in [6.45, 7) is 0. The summed E-state index contributed by atoms with van der Waals surface area (Å²) < 4.78 is 1.69. The molecule has 0 fully saturated rings. The van der Waals surface area contributed by atoms with Gasteiger partial charge in [0.2, 0.25) is 0 Å². The summed E-state index contributed by atoms with van der Waals surface area (Å²) in [5, 5.41) is 21.1. The van der Waals surface area contributed by atoms with Crippen LogP contribution in [0.5, 0.6) is 0 Å². The monoisotopic (exact) mass is 319 g/mol. The van der Waals surface area contributed by atoms with Crippen molar-refractivity contribution in [1.29, 1.82) is 0 Å². The number of benzene rings is 1.